The van der Waals surface area contributed by atoms with E-state index in [-0.39, 0.29) is 0 Å². The molecule has 12 aromatic rings. The van der Waals surface area contributed by atoms with Gasteiger partial charge in [-0.15, -0.1) is 11.3 Å². The summed E-state index contributed by atoms with van der Waals surface area (Å²) in [6.07, 6.45) is 0. The Morgan fingerprint density at radius 1 is 0.407 bits per heavy atom. The lowest BCUT2D eigenvalue weighted by Crippen LogP contribution is -2.04. The molecule has 0 amide bonds. The van der Waals surface area contributed by atoms with Crippen LogP contribution in [0.5, 0.6) is 0 Å². The van der Waals surface area contributed by atoms with Crippen molar-refractivity contribution in [1.82, 2.24) is 14.5 Å². The molecule has 0 saturated heterocycles. The minimum absolute atomic E-state index is 0.661. The number of hydrogen-bond donors (Lipinski definition) is 0. The monoisotopic (exact) mass is 703 g/mol. The first-order valence-electron chi connectivity index (χ1n) is 18.3. The van der Waals surface area contributed by atoms with Gasteiger partial charge in [-0.25, -0.2) is 9.97 Å². The Morgan fingerprint density at radius 2 is 1.07 bits per heavy atom. The van der Waals surface area contributed by atoms with Crippen molar-refractivity contribution >= 4 is 96.5 Å². The van der Waals surface area contributed by atoms with Crippen LogP contribution in [0.15, 0.2) is 176 Å². The molecule has 0 fully saturated rings. The Kier molecular flexibility index (Phi) is 6.21. The van der Waals surface area contributed by atoms with E-state index in [9.17, 15) is 0 Å². The van der Waals surface area contributed by atoms with Gasteiger partial charge in [0.05, 0.1) is 22.2 Å². The number of para-hydroxylation sites is 2. The smallest absolute Gasteiger partial charge is 0.235 e. The zero-order valence-electron chi connectivity index (χ0n) is 29.0. The number of fused-ring (bicyclic) bond motifs is 11. The molecule has 0 N–H and O–H groups in total. The summed E-state index contributed by atoms with van der Waals surface area (Å²) in [5, 5.41) is 13.4. The summed E-state index contributed by atoms with van der Waals surface area (Å²) in [4.78, 5) is 10.9. The van der Waals surface area contributed by atoms with E-state index in [1.807, 2.05) is 11.3 Å². The highest BCUT2D eigenvalue weighted by molar-refractivity contribution is 7.26. The second-order valence-corrected chi connectivity index (χ2v) is 15.2. The quantitative estimate of drug-likeness (QED) is 0.183. The summed E-state index contributed by atoms with van der Waals surface area (Å²) in [5.41, 5.74) is 7.46. The molecule has 54 heavy (non-hydrogen) atoms. The minimum atomic E-state index is 0.661. The molecule has 0 aliphatic rings. The van der Waals surface area contributed by atoms with Gasteiger partial charge < -0.3 is 0 Å². The first-order valence-corrected chi connectivity index (χ1v) is 19.1. The minimum Gasteiger partial charge on any atom is -0.277 e. The molecule has 0 atom stereocenters. The standard InChI is InChI=1S/C50H29N3S/c1-2-14-33-28-44-42(27-32(33)13-1)39-21-10-19-37(34-23-25-41-46(29-34)54-45-26-24-31-12-4-6-17-36(31)47(41)45)49(39)53(44)50-51-43-22-8-7-18-40(43)48(52-50)38-20-9-15-30-11-3-5-16-35(30)38/h1-29H. The van der Waals surface area contributed by atoms with Crippen molar-refractivity contribution in [3.8, 4) is 28.3 Å². The molecule has 3 aromatic heterocycles. The average Bonchev–Trinajstić information content (AvgIpc) is 3.77. The van der Waals surface area contributed by atoms with Crippen molar-refractivity contribution < 1.29 is 0 Å². The molecular weight excluding hydrogens is 675 g/mol. The van der Waals surface area contributed by atoms with Gasteiger partial charge in [-0.2, -0.15) is 0 Å². The summed E-state index contributed by atoms with van der Waals surface area (Å²) in [7, 11) is 0. The first kappa shape index (κ1) is 29.7. The molecule has 3 heterocycles. The van der Waals surface area contributed by atoms with Crippen LogP contribution in [0.25, 0.3) is 114 Å². The van der Waals surface area contributed by atoms with Crippen LogP contribution in [-0.2, 0) is 0 Å². The van der Waals surface area contributed by atoms with E-state index in [0.717, 1.165) is 38.8 Å². The normalized spacial score (nSPS) is 12.1. The van der Waals surface area contributed by atoms with E-state index >= 15 is 0 Å². The van der Waals surface area contributed by atoms with E-state index in [1.165, 1.54) is 68.8 Å². The summed E-state index contributed by atoms with van der Waals surface area (Å²) >= 11 is 1.87. The van der Waals surface area contributed by atoms with Crippen molar-refractivity contribution in [2.45, 2.75) is 0 Å². The van der Waals surface area contributed by atoms with Crippen LogP contribution in [0.3, 0.4) is 0 Å². The lowest BCUT2D eigenvalue weighted by atomic mass is 9.99. The van der Waals surface area contributed by atoms with Gasteiger partial charge in [0.2, 0.25) is 5.95 Å². The maximum absolute atomic E-state index is 5.54. The van der Waals surface area contributed by atoms with E-state index in [4.69, 9.17) is 9.97 Å². The molecular formula is C50H29N3S. The molecule has 0 radical (unpaired) electrons. The fourth-order valence-corrected chi connectivity index (χ4v) is 9.87. The van der Waals surface area contributed by atoms with Gasteiger partial charge in [-0.1, -0.05) is 146 Å². The molecule has 0 spiro atoms. The Hall–Kier alpha value is -6.88. The van der Waals surface area contributed by atoms with Crippen LogP contribution in [0, 0.1) is 0 Å². The third-order valence-electron chi connectivity index (χ3n) is 11.2. The number of nitrogens with zero attached hydrogens (tertiary/aromatic N) is 3. The van der Waals surface area contributed by atoms with Crippen LogP contribution in [0.4, 0.5) is 0 Å². The maximum Gasteiger partial charge on any atom is 0.235 e. The van der Waals surface area contributed by atoms with Gasteiger partial charge in [-0.3, -0.25) is 4.57 Å². The fraction of sp³-hybridized carbons (Fsp3) is 0. The number of aromatic nitrogens is 3. The Morgan fingerprint density at radius 3 is 1.94 bits per heavy atom. The van der Waals surface area contributed by atoms with Gasteiger partial charge in [0.25, 0.3) is 0 Å². The topological polar surface area (TPSA) is 30.7 Å². The molecule has 4 heteroatoms. The van der Waals surface area contributed by atoms with E-state index < -0.39 is 0 Å². The molecule has 0 aliphatic heterocycles. The summed E-state index contributed by atoms with van der Waals surface area (Å²) < 4.78 is 4.91. The fourth-order valence-electron chi connectivity index (χ4n) is 8.71. The van der Waals surface area contributed by atoms with Crippen molar-refractivity contribution in [1.29, 1.82) is 0 Å². The molecule has 9 aromatic carbocycles. The molecule has 12 rings (SSSR count). The van der Waals surface area contributed by atoms with Crippen LogP contribution >= 0.6 is 11.3 Å². The van der Waals surface area contributed by atoms with Crippen molar-refractivity contribution in [3.05, 3.63) is 176 Å². The highest BCUT2D eigenvalue weighted by Gasteiger charge is 2.22. The molecule has 0 bridgehead atoms. The van der Waals surface area contributed by atoms with E-state index in [1.54, 1.807) is 0 Å². The highest BCUT2D eigenvalue weighted by Crippen LogP contribution is 2.44. The van der Waals surface area contributed by atoms with Gasteiger partial charge in [0, 0.05) is 47.5 Å². The number of rotatable bonds is 3. The Balaban J connectivity index is 1.19. The SMILES string of the molecule is c1ccc2cc3c(cc2c1)c1cccc(-c2ccc4c(c2)sc2ccc5ccccc5c24)c1n3-c1nc(-c2cccc3ccccc23)c2ccccc2n1. The summed E-state index contributed by atoms with van der Waals surface area (Å²) in [5.74, 6) is 0.661. The van der Waals surface area contributed by atoms with E-state index in [0.29, 0.717) is 5.95 Å². The second kappa shape index (κ2) is 11.3. The van der Waals surface area contributed by atoms with Crippen molar-refractivity contribution in [3.63, 3.8) is 0 Å². The zero-order chi connectivity index (χ0) is 35.3. The summed E-state index contributed by atoms with van der Waals surface area (Å²) in [6, 6.07) is 63.7. The molecule has 0 saturated carbocycles. The molecule has 3 nitrogen and oxygen atoms in total. The number of thiophene rings is 1. The van der Waals surface area contributed by atoms with E-state index in [2.05, 4.69) is 180 Å². The van der Waals surface area contributed by atoms with Gasteiger partial charge in [-0.05, 0) is 68.2 Å². The van der Waals surface area contributed by atoms with Gasteiger partial charge in [0.15, 0.2) is 0 Å². The summed E-state index contributed by atoms with van der Waals surface area (Å²) in [6.45, 7) is 0. The van der Waals surface area contributed by atoms with Gasteiger partial charge in [0.1, 0.15) is 0 Å². The average molecular weight is 704 g/mol. The maximum atomic E-state index is 5.54. The molecule has 250 valence electrons. The van der Waals surface area contributed by atoms with Gasteiger partial charge >= 0.3 is 0 Å². The number of benzene rings is 9. The highest BCUT2D eigenvalue weighted by atomic mass is 32.1. The lowest BCUT2D eigenvalue weighted by Gasteiger charge is -2.14. The van der Waals surface area contributed by atoms with Crippen LogP contribution in [0.1, 0.15) is 0 Å². The zero-order valence-corrected chi connectivity index (χ0v) is 29.8. The van der Waals surface area contributed by atoms with Crippen molar-refractivity contribution in [2.75, 3.05) is 0 Å². The lowest BCUT2D eigenvalue weighted by molar-refractivity contribution is 1.02. The largest absolute Gasteiger partial charge is 0.277 e. The Bertz CT molecular complexity index is 3510. The van der Waals surface area contributed by atoms with Crippen LogP contribution in [0.2, 0.25) is 0 Å². The number of hydrogen-bond acceptors (Lipinski definition) is 3. The first-order chi connectivity index (χ1) is 26.8. The second-order valence-electron chi connectivity index (χ2n) is 14.1. The molecule has 0 unspecified atom stereocenters. The Labute approximate surface area is 314 Å². The third kappa shape index (κ3) is 4.29. The van der Waals surface area contributed by atoms with Crippen molar-refractivity contribution in [2.24, 2.45) is 0 Å². The van der Waals surface area contributed by atoms with Crippen LogP contribution < -0.4 is 0 Å². The van der Waals surface area contributed by atoms with Crippen LogP contribution in [-0.4, -0.2) is 14.5 Å². The third-order valence-corrected chi connectivity index (χ3v) is 12.3. The predicted molar refractivity (Wildman–Crippen MR) is 230 cm³/mol. The molecule has 0 aliphatic carbocycles. The predicted octanol–water partition coefficient (Wildman–Crippen LogP) is 13.9.